The molecule has 8 heteroatoms. The van der Waals surface area contributed by atoms with Crippen molar-refractivity contribution in [3.8, 4) is 0 Å². The SMILES string of the molecule is CCn1c(=O)n(CC(=O)Nc2ccc(N3CCOCC3)nc2)c2ccccc21. The standard InChI is InChI=1S/C20H23N5O3/c1-2-24-16-5-3-4-6-17(16)25(20(24)27)14-19(26)22-15-7-8-18(21-13-15)23-9-11-28-12-10-23/h3-8,13H,2,9-12,14H2,1H3,(H,22,26). The number of carbonyl (C=O) groups excluding carboxylic acids is 1. The summed E-state index contributed by atoms with van der Waals surface area (Å²) in [7, 11) is 0. The highest BCUT2D eigenvalue weighted by Gasteiger charge is 2.15. The van der Waals surface area contributed by atoms with Crippen LogP contribution in [-0.2, 0) is 22.6 Å². The second-order valence-corrected chi connectivity index (χ2v) is 6.65. The first-order chi connectivity index (χ1) is 13.7. The highest BCUT2D eigenvalue weighted by molar-refractivity contribution is 5.91. The lowest BCUT2D eigenvalue weighted by atomic mass is 10.3. The van der Waals surface area contributed by atoms with Gasteiger partial charge in [-0.3, -0.25) is 13.9 Å². The molecule has 146 valence electrons. The number of aromatic nitrogens is 3. The molecule has 0 saturated carbocycles. The van der Waals surface area contributed by atoms with E-state index in [0.29, 0.717) is 25.4 Å². The van der Waals surface area contributed by atoms with Gasteiger partial charge in [0.25, 0.3) is 0 Å². The molecule has 1 fully saturated rings. The molecule has 1 aromatic carbocycles. The van der Waals surface area contributed by atoms with Gasteiger partial charge in [-0.05, 0) is 31.2 Å². The van der Waals surface area contributed by atoms with Crippen LogP contribution in [0, 0.1) is 0 Å². The number of aryl methyl sites for hydroxylation is 1. The molecule has 1 saturated heterocycles. The minimum absolute atomic E-state index is 0.0441. The van der Waals surface area contributed by atoms with Crippen molar-refractivity contribution in [3.05, 3.63) is 53.1 Å². The van der Waals surface area contributed by atoms with E-state index in [4.69, 9.17) is 4.74 Å². The number of imidazole rings is 1. The highest BCUT2D eigenvalue weighted by atomic mass is 16.5. The van der Waals surface area contributed by atoms with Gasteiger partial charge >= 0.3 is 5.69 Å². The first kappa shape index (κ1) is 18.2. The molecule has 0 aliphatic carbocycles. The normalized spacial score (nSPS) is 14.4. The molecule has 28 heavy (non-hydrogen) atoms. The third-order valence-corrected chi connectivity index (χ3v) is 4.91. The van der Waals surface area contributed by atoms with Gasteiger partial charge in [0.1, 0.15) is 12.4 Å². The summed E-state index contributed by atoms with van der Waals surface area (Å²) in [6.07, 6.45) is 1.64. The molecule has 8 nitrogen and oxygen atoms in total. The van der Waals surface area contributed by atoms with Gasteiger partial charge in [0, 0.05) is 19.6 Å². The Morgan fingerprint density at radius 1 is 1.11 bits per heavy atom. The van der Waals surface area contributed by atoms with Crippen LogP contribution < -0.4 is 15.9 Å². The zero-order valence-corrected chi connectivity index (χ0v) is 15.8. The summed E-state index contributed by atoms with van der Waals surface area (Å²) in [4.78, 5) is 31.7. The van der Waals surface area contributed by atoms with Gasteiger partial charge in [0.05, 0.1) is 36.1 Å². The number of amides is 1. The van der Waals surface area contributed by atoms with Gasteiger partial charge < -0.3 is 15.0 Å². The van der Waals surface area contributed by atoms with E-state index in [1.165, 1.54) is 4.57 Å². The summed E-state index contributed by atoms with van der Waals surface area (Å²) in [6.45, 7) is 5.44. The van der Waals surface area contributed by atoms with Crippen LogP contribution in [0.5, 0.6) is 0 Å². The number of pyridine rings is 1. The van der Waals surface area contributed by atoms with Crippen LogP contribution in [-0.4, -0.2) is 46.3 Å². The molecule has 0 atom stereocenters. The molecule has 0 bridgehead atoms. The molecule has 3 aromatic rings. The zero-order chi connectivity index (χ0) is 19.5. The fourth-order valence-electron chi connectivity index (χ4n) is 3.51. The molecule has 3 heterocycles. The number of rotatable bonds is 5. The number of hydrogen-bond acceptors (Lipinski definition) is 5. The molecular formula is C20H23N5O3. The van der Waals surface area contributed by atoms with E-state index < -0.39 is 0 Å². The van der Waals surface area contributed by atoms with Crippen molar-refractivity contribution in [2.24, 2.45) is 0 Å². The number of ether oxygens (including phenoxy) is 1. The molecule has 0 radical (unpaired) electrons. The maximum atomic E-state index is 12.6. The predicted octanol–water partition coefficient (Wildman–Crippen LogP) is 1.69. The number of nitrogens with one attached hydrogen (secondary N) is 1. The summed E-state index contributed by atoms with van der Waals surface area (Å²) in [5.41, 5.74) is 2.01. The van der Waals surface area contributed by atoms with Crippen molar-refractivity contribution >= 4 is 28.4 Å². The topological polar surface area (TPSA) is 81.4 Å². The average molecular weight is 381 g/mol. The Bertz CT molecular complexity index is 1030. The fourth-order valence-corrected chi connectivity index (χ4v) is 3.51. The largest absolute Gasteiger partial charge is 0.378 e. The van der Waals surface area contributed by atoms with E-state index in [2.05, 4.69) is 15.2 Å². The Balaban J connectivity index is 1.48. The maximum Gasteiger partial charge on any atom is 0.329 e. The van der Waals surface area contributed by atoms with Crippen molar-refractivity contribution in [1.29, 1.82) is 0 Å². The quantitative estimate of drug-likeness (QED) is 0.727. The summed E-state index contributed by atoms with van der Waals surface area (Å²) >= 11 is 0. The number of morpholine rings is 1. The number of nitrogens with zero attached hydrogens (tertiary/aromatic N) is 4. The summed E-state index contributed by atoms with van der Waals surface area (Å²) in [6, 6.07) is 11.2. The third-order valence-electron chi connectivity index (χ3n) is 4.91. The van der Waals surface area contributed by atoms with E-state index in [9.17, 15) is 9.59 Å². The minimum atomic E-state index is -0.262. The molecule has 4 rings (SSSR count). The number of anilines is 2. The lowest BCUT2D eigenvalue weighted by Crippen LogP contribution is -2.36. The van der Waals surface area contributed by atoms with E-state index >= 15 is 0 Å². The van der Waals surface area contributed by atoms with Crippen molar-refractivity contribution in [2.75, 3.05) is 36.5 Å². The van der Waals surface area contributed by atoms with Crippen molar-refractivity contribution in [3.63, 3.8) is 0 Å². The van der Waals surface area contributed by atoms with Gasteiger partial charge in [0.2, 0.25) is 5.91 Å². The fraction of sp³-hybridized carbons (Fsp3) is 0.350. The van der Waals surface area contributed by atoms with E-state index in [-0.39, 0.29) is 18.1 Å². The second kappa shape index (κ2) is 7.85. The Kier molecular flexibility index (Phi) is 5.12. The highest BCUT2D eigenvalue weighted by Crippen LogP contribution is 2.16. The van der Waals surface area contributed by atoms with E-state index in [1.54, 1.807) is 10.8 Å². The summed E-state index contributed by atoms with van der Waals surface area (Å²) in [5.74, 6) is 0.602. The van der Waals surface area contributed by atoms with Crippen LogP contribution in [0.1, 0.15) is 6.92 Å². The molecule has 0 unspecified atom stereocenters. The van der Waals surface area contributed by atoms with Crippen LogP contribution in [0.2, 0.25) is 0 Å². The number of benzene rings is 1. The number of hydrogen-bond donors (Lipinski definition) is 1. The van der Waals surface area contributed by atoms with Crippen molar-refractivity contribution < 1.29 is 9.53 Å². The van der Waals surface area contributed by atoms with Crippen LogP contribution in [0.4, 0.5) is 11.5 Å². The van der Waals surface area contributed by atoms with E-state index in [1.807, 2.05) is 43.3 Å². The van der Waals surface area contributed by atoms with Gasteiger partial charge in [-0.1, -0.05) is 12.1 Å². The van der Waals surface area contributed by atoms with Crippen LogP contribution in [0.3, 0.4) is 0 Å². The van der Waals surface area contributed by atoms with Crippen LogP contribution in [0.15, 0.2) is 47.4 Å². The van der Waals surface area contributed by atoms with Gasteiger partial charge in [0.15, 0.2) is 0 Å². The Morgan fingerprint density at radius 2 is 1.82 bits per heavy atom. The summed E-state index contributed by atoms with van der Waals surface area (Å²) in [5, 5.41) is 2.83. The number of para-hydroxylation sites is 2. The Hall–Kier alpha value is -3.13. The second-order valence-electron chi connectivity index (χ2n) is 6.65. The lowest BCUT2D eigenvalue weighted by molar-refractivity contribution is -0.116. The minimum Gasteiger partial charge on any atom is -0.378 e. The Labute approximate surface area is 162 Å². The smallest absolute Gasteiger partial charge is 0.329 e. The van der Waals surface area contributed by atoms with Gasteiger partial charge in [-0.25, -0.2) is 9.78 Å². The molecule has 2 aromatic heterocycles. The first-order valence-electron chi connectivity index (χ1n) is 9.44. The maximum absolute atomic E-state index is 12.6. The molecule has 1 amide bonds. The molecule has 0 spiro atoms. The average Bonchev–Trinajstić information content (AvgIpc) is 3.00. The number of carbonyl (C=O) groups is 1. The first-order valence-corrected chi connectivity index (χ1v) is 9.44. The van der Waals surface area contributed by atoms with Crippen molar-refractivity contribution in [1.82, 2.24) is 14.1 Å². The Morgan fingerprint density at radius 3 is 2.46 bits per heavy atom. The molecular weight excluding hydrogens is 358 g/mol. The number of fused-ring (bicyclic) bond motifs is 1. The van der Waals surface area contributed by atoms with Crippen LogP contribution >= 0.6 is 0 Å². The van der Waals surface area contributed by atoms with E-state index in [0.717, 1.165) is 29.9 Å². The molecule has 1 aliphatic heterocycles. The predicted molar refractivity (Wildman–Crippen MR) is 108 cm³/mol. The third kappa shape index (κ3) is 3.50. The monoisotopic (exact) mass is 381 g/mol. The van der Waals surface area contributed by atoms with Crippen LogP contribution in [0.25, 0.3) is 11.0 Å². The van der Waals surface area contributed by atoms with Gasteiger partial charge in [-0.15, -0.1) is 0 Å². The molecule has 1 aliphatic rings. The molecule has 1 N–H and O–H groups in total. The van der Waals surface area contributed by atoms with Gasteiger partial charge in [-0.2, -0.15) is 0 Å². The van der Waals surface area contributed by atoms with Crippen molar-refractivity contribution in [2.45, 2.75) is 20.0 Å². The summed E-state index contributed by atoms with van der Waals surface area (Å²) < 4.78 is 8.52. The lowest BCUT2D eigenvalue weighted by Gasteiger charge is -2.27. The zero-order valence-electron chi connectivity index (χ0n) is 15.8.